The summed E-state index contributed by atoms with van der Waals surface area (Å²) in [5.74, 6) is 6.36. The SMILES string of the molecule is CNC1(CO[C@H]2C(N(N)N=C(N)N)C[C@]3(CO)C4=CC[C@@]5(C)[C@H](C(=O)O)[C@@](C)([C@H](C)C(C)C)CC[C@]5(C)[C@H]4CC[C@H]3C2(C)C)CCOCC1. The number of hydrazine groups is 1. The molecule has 0 aromatic heterocycles. The first-order valence-electron chi connectivity index (χ1n) is 18.9. The van der Waals surface area contributed by atoms with Gasteiger partial charge in [0.25, 0.3) is 0 Å². The third kappa shape index (κ3) is 5.82. The Kier molecular flexibility index (Phi) is 10.4. The van der Waals surface area contributed by atoms with E-state index in [9.17, 15) is 15.0 Å². The van der Waals surface area contributed by atoms with E-state index in [-0.39, 0.29) is 52.8 Å². The number of rotatable bonds is 10. The molecule has 10 atom stereocenters. The Balaban J connectivity index is 1.58. The van der Waals surface area contributed by atoms with Crippen molar-refractivity contribution in [2.75, 3.05) is 33.5 Å². The Hall–Kier alpha value is -1.92. The first-order valence-corrected chi connectivity index (χ1v) is 18.9. The molecule has 0 aromatic rings. The number of allylic oxidation sites excluding steroid dienone is 1. The molecule has 49 heavy (non-hydrogen) atoms. The standard InChI is InChI=1S/C38H68N6O5/c1-23(2)24(3)34(6)14-15-35(7)25-10-11-28-33(4,5)30(49-22-37(42-9)16-18-48-19-17-37)27(44(41)43-32(39)40)20-38(28,21-45)26(25)12-13-36(35,8)29(34)31(46)47/h12,23-25,27-30,42,45H,10-11,13-22,41H2,1-9H3,(H,46,47)(H4,39,40,43)/t24-,25+,27?,28+,29-,30+,34-,35-,36+,38+/m1/s1. The molecule has 5 aliphatic rings. The van der Waals surface area contributed by atoms with Gasteiger partial charge in [0, 0.05) is 24.2 Å². The number of nitrogens with two attached hydrogens (primary N) is 3. The minimum Gasteiger partial charge on any atom is -0.481 e. The molecule has 1 aliphatic heterocycles. The summed E-state index contributed by atoms with van der Waals surface area (Å²) in [6, 6.07) is -0.414. The number of nitrogens with zero attached hydrogens (tertiary/aromatic N) is 2. The average Bonchev–Trinajstić information content (AvgIpc) is 3.03. The van der Waals surface area contributed by atoms with Crippen molar-refractivity contribution in [2.45, 2.75) is 124 Å². The summed E-state index contributed by atoms with van der Waals surface area (Å²) >= 11 is 0. The number of hydrogen-bond acceptors (Lipinski definition) is 8. The van der Waals surface area contributed by atoms with Crippen LogP contribution in [-0.2, 0) is 14.3 Å². The highest BCUT2D eigenvalue weighted by Gasteiger charge is 2.70. The quantitative estimate of drug-likeness (QED) is 0.0631. The molecule has 11 nitrogen and oxygen atoms in total. The number of carboxylic acids is 1. The van der Waals surface area contributed by atoms with Crippen LogP contribution < -0.4 is 22.6 Å². The minimum absolute atomic E-state index is 0.0304. The van der Waals surface area contributed by atoms with Gasteiger partial charge in [-0.2, -0.15) is 0 Å². The highest BCUT2D eigenvalue weighted by Crippen LogP contribution is 2.74. The van der Waals surface area contributed by atoms with Crippen LogP contribution in [0.2, 0.25) is 0 Å². The van der Waals surface area contributed by atoms with E-state index in [0.29, 0.717) is 38.6 Å². The van der Waals surface area contributed by atoms with Gasteiger partial charge in [0.05, 0.1) is 31.3 Å². The number of hydrogen-bond donors (Lipinski definition) is 6. The molecule has 280 valence electrons. The van der Waals surface area contributed by atoms with Gasteiger partial charge in [-0.3, -0.25) is 4.79 Å². The summed E-state index contributed by atoms with van der Waals surface area (Å²) in [7, 11) is 1.99. The number of ether oxygens (including phenoxy) is 2. The summed E-state index contributed by atoms with van der Waals surface area (Å²) in [5, 5.41) is 31.9. The average molecular weight is 689 g/mol. The lowest BCUT2D eigenvalue weighted by atomic mass is 9.34. The molecule has 1 heterocycles. The molecule has 5 rings (SSSR count). The van der Waals surface area contributed by atoms with E-state index in [4.69, 9.17) is 26.8 Å². The second-order valence-corrected chi connectivity index (χ2v) is 18.4. The van der Waals surface area contributed by atoms with Gasteiger partial charge in [-0.05, 0) is 104 Å². The lowest BCUT2D eigenvalue weighted by molar-refractivity contribution is -0.213. The zero-order valence-electron chi connectivity index (χ0n) is 31.8. The zero-order valence-corrected chi connectivity index (χ0v) is 31.8. The molecule has 11 heteroatoms. The van der Waals surface area contributed by atoms with Crippen molar-refractivity contribution in [3.63, 3.8) is 0 Å². The molecule has 0 radical (unpaired) electrons. The second-order valence-electron chi connectivity index (χ2n) is 18.4. The van der Waals surface area contributed by atoms with Gasteiger partial charge in [0.2, 0.25) is 5.96 Å². The molecule has 0 amide bonds. The van der Waals surface area contributed by atoms with Gasteiger partial charge < -0.3 is 36.5 Å². The summed E-state index contributed by atoms with van der Waals surface area (Å²) < 4.78 is 12.7. The number of fused-ring (bicyclic) bond motifs is 5. The molecule has 0 bridgehead atoms. The van der Waals surface area contributed by atoms with Crippen LogP contribution in [0.4, 0.5) is 0 Å². The van der Waals surface area contributed by atoms with Crippen molar-refractivity contribution in [1.82, 2.24) is 10.4 Å². The lowest BCUT2D eigenvalue weighted by Gasteiger charge is -2.70. The number of aliphatic carboxylic acids is 1. The molecule has 1 saturated heterocycles. The first-order chi connectivity index (χ1) is 22.8. The summed E-state index contributed by atoms with van der Waals surface area (Å²) in [4.78, 5) is 13.4. The number of likely N-dealkylation sites (N-methyl/N-ethyl adjacent to an activating group) is 1. The highest BCUT2D eigenvalue weighted by molar-refractivity contribution is 5.75. The summed E-state index contributed by atoms with van der Waals surface area (Å²) in [6.07, 6.45) is 8.62. The van der Waals surface area contributed by atoms with Crippen molar-refractivity contribution < 1.29 is 24.5 Å². The fourth-order valence-electron chi connectivity index (χ4n) is 12.4. The van der Waals surface area contributed by atoms with E-state index >= 15 is 0 Å². The Morgan fingerprint density at radius 2 is 1.73 bits per heavy atom. The first kappa shape index (κ1) is 38.3. The van der Waals surface area contributed by atoms with Crippen molar-refractivity contribution in [3.8, 4) is 0 Å². The fraction of sp³-hybridized carbons (Fsp3) is 0.895. The van der Waals surface area contributed by atoms with Gasteiger partial charge in [0.1, 0.15) is 0 Å². The van der Waals surface area contributed by atoms with E-state index in [1.165, 1.54) is 10.7 Å². The maximum atomic E-state index is 13.4. The smallest absolute Gasteiger partial charge is 0.307 e. The molecular formula is C38H68N6O5. The number of guanidine groups is 1. The molecule has 0 aromatic carbocycles. The number of aliphatic hydroxyl groups is 1. The Labute approximate surface area is 295 Å². The lowest BCUT2D eigenvalue weighted by Crippen LogP contribution is -2.69. The maximum Gasteiger partial charge on any atom is 0.307 e. The van der Waals surface area contributed by atoms with Crippen molar-refractivity contribution in [2.24, 2.45) is 79.1 Å². The van der Waals surface area contributed by atoms with Crippen LogP contribution in [0.15, 0.2) is 16.8 Å². The molecule has 3 saturated carbocycles. The number of carboxylic acid groups (broad SMARTS) is 1. The van der Waals surface area contributed by atoms with E-state index in [1.54, 1.807) is 0 Å². The van der Waals surface area contributed by atoms with E-state index < -0.39 is 34.2 Å². The fourth-order valence-corrected chi connectivity index (χ4v) is 12.4. The van der Waals surface area contributed by atoms with Crippen molar-refractivity contribution >= 4 is 11.9 Å². The largest absolute Gasteiger partial charge is 0.481 e. The van der Waals surface area contributed by atoms with E-state index in [0.717, 1.165) is 38.5 Å². The van der Waals surface area contributed by atoms with Gasteiger partial charge in [-0.25, -0.2) is 11.0 Å². The van der Waals surface area contributed by atoms with Crippen LogP contribution in [0.3, 0.4) is 0 Å². The third-order valence-electron chi connectivity index (χ3n) is 15.9. The molecular weight excluding hydrogens is 620 g/mol. The van der Waals surface area contributed by atoms with Gasteiger partial charge in [0.15, 0.2) is 0 Å². The normalized spacial score (nSPS) is 41.8. The van der Waals surface area contributed by atoms with E-state index in [1.807, 2.05) is 7.05 Å². The van der Waals surface area contributed by atoms with Crippen LogP contribution in [0, 0.1) is 56.7 Å². The topological polar surface area (TPSA) is 182 Å². The Morgan fingerprint density at radius 3 is 2.29 bits per heavy atom. The number of hydrazone groups is 1. The van der Waals surface area contributed by atoms with Crippen LogP contribution in [0.25, 0.3) is 0 Å². The Morgan fingerprint density at radius 1 is 1.08 bits per heavy atom. The number of aliphatic hydroxyl groups excluding tert-OH is 1. The predicted molar refractivity (Wildman–Crippen MR) is 193 cm³/mol. The molecule has 9 N–H and O–H groups in total. The van der Waals surface area contributed by atoms with Gasteiger partial charge in [-0.1, -0.05) is 67.0 Å². The van der Waals surface area contributed by atoms with Crippen LogP contribution in [0.1, 0.15) is 107 Å². The predicted octanol–water partition coefficient (Wildman–Crippen LogP) is 4.44. The van der Waals surface area contributed by atoms with E-state index in [2.05, 4.69) is 71.9 Å². The third-order valence-corrected chi connectivity index (χ3v) is 15.9. The summed E-state index contributed by atoms with van der Waals surface area (Å²) in [6.45, 7) is 19.9. The monoisotopic (exact) mass is 689 g/mol. The second kappa shape index (κ2) is 13.2. The highest BCUT2D eigenvalue weighted by atomic mass is 16.5. The van der Waals surface area contributed by atoms with Gasteiger partial charge >= 0.3 is 5.97 Å². The van der Waals surface area contributed by atoms with Crippen LogP contribution in [-0.4, -0.2) is 78.4 Å². The number of nitrogens with one attached hydrogen (secondary N) is 1. The Bertz CT molecular complexity index is 1290. The van der Waals surface area contributed by atoms with Crippen LogP contribution in [0.5, 0.6) is 0 Å². The zero-order chi connectivity index (χ0) is 36.4. The molecule has 0 spiro atoms. The van der Waals surface area contributed by atoms with Crippen molar-refractivity contribution in [3.05, 3.63) is 11.6 Å². The molecule has 1 unspecified atom stereocenters. The van der Waals surface area contributed by atoms with Gasteiger partial charge in [-0.15, -0.1) is 5.10 Å². The molecule has 4 aliphatic carbocycles. The van der Waals surface area contributed by atoms with Crippen LogP contribution >= 0.6 is 0 Å². The molecule has 4 fully saturated rings. The number of carbonyl (C=O) groups is 1. The maximum absolute atomic E-state index is 13.4. The van der Waals surface area contributed by atoms with Crippen molar-refractivity contribution in [1.29, 1.82) is 0 Å². The summed E-state index contributed by atoms with van der Waals surface area (Å²) in [5.41, 5.74) is 10.9. The minimum atomic E-state index is -0.676.